The van der Waals surface area contributed by atoms with Crippen molar-refractivity contribution in [3.05, 3.63) is 36.2 Å². The van der Waals surface area contributed by atoms with Crippen LogP contribution < -0.4 is 5.73 Å². The van der Waals surface area contributed by atoms with Crippen molar-refractivity contribution < 1.29 is 4.79 Å². The van der Waals surface area contributed by atoms with E-state index >= 15 is 0 Å². The Morgan fingerprint density at radius 2 is 2.08 bits per heavy atom. The van der Waals surface area contributed by atoms with Gasteiger partial charge < -0.3 is 15.2 Å². The fourth-order valence-electron chi connectivity index (χ4n) is 3.27. The van der Waals surface area contributed by atoms with Gasteiger partial charge in [0.25, 0.3) is 0 Å². The van der Waals surface area contributed by atoms with Crippen LogP contribution in [0.15, 0.2) is 24.7 Å². The van der Waals surface area contributed by atoms with Gasteiger partial charge in [0.05, 0.1) is 0 Å². The number of aryl methyl sites for hydroxylation is 2. The maximum Gasteiger partial charge on any atom is 0.224 e. The van der Waals surface area contributed by atoms with Crippen molar-refractivity contribution in [1.29, 1.82) is 0 Å². The molecule has 0 saturated carbocycles. The first-order chi connectivity index (χ1) is 11.7. The third-order valence-corrected chi connectivity index (χ3v) is 4.65. The smallest absolute Gasteiger partial charge is 0.224 e. The van der Waals surface area contributed by atoms with E-state index in [0.717, 1.165) is 43.9 Å². The van der Waals surface area contributed by atoms with Crippen molar-refractivity contribution in [2.24, 2.45) is 0 Å². The van der Waals surface area contributed by atoms with Crippen molar-refractivity contribution in [3.63, 3.8) is 0 Å². The number of carbonyl (C=O) groups excluding carboxylic acids is 1. The number of nitrogens with zero attached hydrogens (tertiary/aromatic N) is 5. The number of aromatic nitrogens is 4. The first-order valence-corrected chi connectivity index (χ1v) is 8.53. The van der Waals surface area contributed by atoms with Crippen LogP contribution in [0.1, 0.15) is 43.6 Å². The first-order valence-electron chi connectivity index (χ1n) is 8.53. The molecular formula is C17H24N6O. The number of hydrogen-bond acceptors (Lipinski definition) is 5. The third kappa shape index (κ3) is 3.72. The maximum absolute atomic E-state index is 12.4. The normalized spacial score (nSPS) is 15.6. The minimum absolute atomic E-state index is 0.214. The Balaban J connectivity index is 1.50. The molecule has 1 fully saturated rings. The van der Waals surface area contributed by atoms with Crippen LogP contribution in [-0.2, 0) is 17.8 Å². The highest BCUT2D eigenvalue weighted by Crippen LogP contribution is 2.27. The summed E-state index contributed by atoms with van der Waals surface area (Å²) in [6.07, 6.45) is 8.69. The van der Waals surface area contributed by atoms with Gasteiger partial charge in [0.2, 0.25) is 11.9 Å². The molecule has 1 saturated heterocycles. The molecule has 2 N–H and O–H groups in total. The van der Waals surface area contributed by atoms with Crippen LogP contribution in [0.25, 0.3) is 0 Å². The minimum Gasteiger partial charge on any atom is -0.368 e. The topological polar surface area (TPSA) is 89.9 Å². The maximum atomic E-state index is 12.4. The lowest BCUT2D eigenvalue weighted by Gasteiger charge is -2.32. The Bertz CT molecular complexity index is 690. The van der Waals surface area contributed by atoms with Crippen LogP contribution in [0.4, 0.5) is 5.95 Å². The molecule has 3 heterocycles. The summed E-state index contributed by atoms with van der Waals surface area (Å²) in [5.41, 5.74) is 6.64. The molecule has 1 aliphatic rings. The zero-order valence-electron chi connectivity index (χ0n) is 14.1. The monoisotopic (exact) mass is 328 g/mol. The fourth-order valence-corrected chi connectivity index (χ4v) is 3.27. The molecule has 1 aliphatic heterocycles. The van der Waals surface area contributed by atoms with Gasteiger partial charge in [-0.2, -0.15) is 0 Å². The summed E-state index contributed by atoms with van der Waals surface area (Å²) in [5.74, 6) is 1.92. The standard InChI is InChI=1S/C17H24N6O/c1-2-15-19-8-12-22(15)11-6-16(24)23-9-4-13(5-10-23)14-3-7-20-17(18)21-14/h3,7-8,12-13H,2,4-6,9-11H2,1H3,(H2,18,20,21). The lowest BCUT2D eigenvalue weighted by molar-refractivity contribution is -0.132. The first kappa shape index (κ1) is 16.4. The Morgan fingerprint density at radius 1 is 1.29 bits per heavy atom. The number of nitrogens with two attached hydrogens (primary N) is 1. The second kappa shape index (κ2) is 7.42. The van der Waals surface area contributed by atoms with Gasteiger partial charge in [-0.1, -0.05) is 6.92 Å². The third-order valence-electron chi connectivity index (χ3n) is 4.65. The van der Waals surface area contributed by atoms with Crippen LogP contribution >= 0.6 is 0 Å². The van der Waals surface area contributed by atoms with Crippen LogP contribution in [0.5, 0.6) is 0 Å². The quantitative estimate of drug-likeness (QED) is 0.900. The van der Waals surface area contributed by atoms with Crippen LogP contribution in [0, 0.1) is 0 Å². The van der Waals surface area contributed by atoms with Gasteiger partial charge in [0, 0.05) is 62.7 Å². The summed E-state index contributed by atoms with van der Waals surface area (Å²) >= 11 is 0. The van der Waals surface area contributed by atoms with Crippen LogP contribution in [0.2, 0.25) is 0 Å². The molecule has 0 spiro atoms. The molecule has 0 radical (unpaired) electrons. The Kier molecular flexibility index (Phi) is 5.08. The number of nitrogen functional groups attached to an aromatic ring is 1. The Labute approximate surface area is 141 Å². The van der Waals surface area contributed by atoms with Gasteiger partial charge in [0.1, 0.15) is 5.82 Å². The predicted octanol–water partition coefficient (Wildman–Crippen LogP) is 1.61. The van der Waals surface area contributed by atoms with Crippen LogP contribution in [0.3, 0.4) is 0 Å². The van der Waals surface area contributed by atoms with E-state index in [9.17, 15) is 4.79 Å². The lowest BCUT2D eigenvalue weighted by atomic mass is 9.93. The SMILES string of the molecule is CCc1nccn1CCC(=O)N1CCC(c2ccnc(N)n2)CC1. The van der Waals surface area contributed by atoms with E-state index in [1.165, 1.54) is 0 Å². The van der Waals surface area contributed by atoms with E-state index in [1.54, 1.807) is 12.4 Å². The average Bonchev–Trinajstić information content (AvgIpc) is 3.07. The molecule has 0 unspecified atom stereocenters. The zero-order valence-corrected chi connectivity index (χ0v) is 14.1. The molecule has 2 aromatic rings. The van der Waals surface area contributed by atoms with E-state index in [0.29, 0.717) is 24.8 Å². The number of amides is 1. The van der Waals surface area contributed by atoms with Gasteiger partial charge in [-0.05, 0) is 18.9 Å². The summed E-state index contributed by atoms with van der Waals surface area (Å²) in [7, 11) is 0. The number of piperidine rings is 1. The minimum atomic E-state index is 0.214. The molecule has 7 heteroatoms. The van der Waals surface area contributed by atoms with E-state index in [1.807, 2.05) is 17.2 Å². The lowest BCUT2D eigenvalue weighted by Crippen LogP contribution is -2.38. The molecule has 1 amide bonds. The van der Waals surface area contributed by atoms with Gasteiger partial charge >= 0.3 is 0 Å². The summed E-state index contributed by atoms with van der Waals surface area (Å²) in [6.45, 7) is 4.33. The average molecular weight is 328 g/mol. The van der Waals surface area contributed by atoms with Gasteiger partial charge in [-0.3, -0.25) is 4.79 Å². The highest BCUT2D eigenvalue weighted by Gasteiger charge is 2.24. The number of imidazole rings is 1. The molecule has 0 aromatic carbocycles. The highest BCUT2D eigenvalue weighted by molar-refractivity contribution is 5.76. The van der Waals surface area contributed by atoms with Crippen molar-refractivity contribution in [2.75, 3.05) is 18.8 Å². The van der Waals surface area contributed by atoms with E-state index in [-0.39, 0.29) is 5.91 Å². The van der Waals surface area contributed by atoms with Gasteiger partial charge in [-0.15, -0.1) is 0 Å². The predicted molar refractivity (Wildman–Crippen MR) is 91.2 cm³/mol. The molecule has 3 rings (SSSR count). The van der Waals surface area contributed by atoms with E-state index < -0.39 is 0 Å². The number of anilines is 1. The molecule has 0 atom stereocenters. The summed E-state index contributed by atoms with van der Waals surface area (Å²) in [5, 5.41) is 0. The van der Waals surface area contributed by atoms with E-state index in [2.05, 4.69) is 26.4 Å². The zero-order chi connectivity index (χ0) is 16.9. The Hall–Kier alpha value is -2.44. The summed E-state index contributed by atoms with van der Waals surface area (Å²) < 4.78 is 2.06. The highest BCUT2D eigenvalue weighted by atomic mass is 16.2. The largest absolute Gasteiger partial charge is 0.368 e. The number of rotatable bonds is 5. The molecule has 0 bridgehead atoms. The van der Waals surface area contributed by atoms with Gasteiger partial charge in [0.15, 0.2) is 0 Å². The second-order valence-electron chi connectivity index (χ2n) is 6.14. The molecular weight excluding hydrogens is 304 g/mol. The van der Waals surface area contributed by atoms with Crippen molar-refractivity contribution >= 4 is 11.9 Å². The Morgan fingerprint density at radius 3 is 2.79 bits per heavy atom. The van der Waals surface area contributed by atoms with E-state index in [4.69, 9.17) is 5.73 Å². The van der Waals surface area contributed by atoms with Crippen LogP contribution in [-0.4, -0.2) is 43.4 Å². The number of likely N-dealkylation sites (tertiary alicyclic amines) is 1. The van der Waals surface area contributed by atoms with Crippen molar-refractivity contribution in [3.8, 4) is 0 Å². The molecule has 24 heavy (non-hydrogen) atoms. The molecule has 2 aromatic heterocycles. The molecule has 128 valence electrons. The van der Waals surface area contributed by atoms with Crippen molar-refractivity contribution in [2.45, 2.75) is 45.1 Å². The molecule has 7 nitrogen and oxygen atoms in total. The summed E-state index contributed by atoms with van der Waals surface area (Å²) in [6, 6.07) is 1.92. The second-order valence-corrected chi connectivity index (χ2v) is 6.14. The van der Waals surface area contributed by atoms with Crippen molar-refractivity contribution in [1.82, 2.24) is 24.4 Å². The fraction of sp³-hybridized carbons (Fsp3) is 0.529. The number of carbonyl (C=O) groups is 1. The molecule has 0 aliphatic carbocycles. The number of hydrogen-bond donors (Lipinski definition) is 1. The van der Waals surface area contributed by atoms with Gasteiger partial charge in [-0.25, -0.2) is 15.0 Å². The summed E-state index contributed by atoms with van der Waals surface area (Å²) in [4.78, 5) is 26.9.